The Labute approximate surface area is 130 Å². The van der Waals surface area contributed by atoms with Gasteiger partial charge in [-0.3, -0.25) is 0 Å². The predicted molar refractivity (Wildman–Crippen MR) is 89.8 cm³/mol. The molecule has 2 nitrogen and oxygen atoms in total. The second kappa shape index (κ2) is 6.93. The van der Waals surface area contributed by atoms with Crippen molar-refractivity contribution < 1.29 is 4.74 Å². The molecular weight excluding hydrogens is 258 g/mol. The number of benzene rings is 1. The Balaban J connectivity index is 2.05. The van der Waals surface area contributed by atoms with Crippen LogP contribution in [-0.4, -0.2) is 18.2 Å². The van der Waals surface area contributed by atoms with Gasteiger partial charge in [0.05, 0.1) is 5.60 Å². The van der Waals surface area contributed by atoms with Crippen LogP contribution in [0.2, 0.25) is 0 Å². The second-order valence-corrected chi connectivity index (χ2v) is 6.68. The molecule has 118 valence electrons. The van der Waals surface area contributed by atoms with Crippen LogP contribution in [0.5, 0.6) is 0 Å². The smallest absolute Gasteiger partial charge is 0.0692 e. The van der Waals surface area contributed by atoms with E-state index in [1.165, 1.54) is 16.7 Å². The fourth-order valence-corrected chi connectivity index (χ4v) is 3.58. The molecule has 0 saturated carbocycles. The van der Waals surface area contributed by atoms with Gasteiger partial charge in [-0.15, -0.1) is 0 Å². The maximum Gasteiger partial charge on any atom is 0.0692 e. The van der Waals surface area contributed by atoms with Crippen LogP contribution in [0.4, 0.5) is 0 Å². The molecule has 1 fully saturated rings. The van der Waals surface area contributed by atoms with E-state index < -0.39 is 0 Å². The van der Waals surface area contributed by atoms with Gasteiger partial charge < -0.3 is 10.1 Å². The summed E-state index contributed by atoms with van der Waals surface area (Å²) in [4.78, 5) is 0. The van der Waals surface area contributed by atoms with Gasteiger partial charge in [0.2, 0.25) is 0 Å². The number of aryl methyl sites for hydroxylation is 2. The summed E-state index contributed by atoms with van der Waals surface area (Å²) in [6.07, 6.45) is 4.48. The van der Waals surface area contributed by atoms with Gasteiger partial charge in [0.15, 0.2) is 0 Å². The molecule has 0 bridgehead atoms. The first-order chi connectivity index (χ1) is 9.99. The molecule has 0 radical (unpaired) electrons. The molecule has 0 amide bonds. The number of hydrogen-bond donors (Lipinski definition) is 1. The van der Waals surface area contributed by atoms with Crippen molar-refractivity contribution in [2.24, 2.45) is 0 Å². The summed E-state index contributed by atoms with van der Waals surface area (Å²) in [6, 6.07) is 7.71. The first-order valence-corrected chi connectivity index (χ1v) is 8.47. The number of ether oxygens (including phenoxy) is 1. The standard InChI is InChI=1S/C19H31NO/c1-6-19(7-2)13-17(10-11-21-19)20-16(5)18-12-14(3)8-9-15(18)4/h8-9,12,16-17,20H,6-7,10-11,13H2,1-5H3. The Morgan fingerprint density at radius 1 is 1.29 bits per heavy atom. The minimum Gasteiger partial charge on any atom is -0.375 e. The third-order valence-electron chi connectivity index (χ3n) is 5.17. The molecule has 2 rings (SSSR count). The van der Waals surface area contributed by atoms with Crippen LogP contribution in [0.25, 0.3) is 0 Å². The van der Waals surface area contributed by atoms with Gasteiger partial charge in [0.25, 0.3) is 0 Å². The van der Waals surface area contributed by atoms with Gasteiger partial charge in [-0.1, -0.05) is 37.6 Å². The van der Waals surface area contributed by atoms with E-state index in [1.54, 1.807) is 0 Å². The molecule has 0 aromatic heterocycles. The van der Waals surface area contributed by atoms with Crippen molar-refractivity contribution in [3.8, 4) is 0 Å². The van der Waals surface area contributed by atoms with E-state index >= 15 is 0 Å². The summed E-state index contributed by atoms with van der Waals surface area (Å²) in [5.74, 6) is 0. The zero-order valence-electron chi connectivity index (χ0n) is 14.3. The van der Waals surface area contributed by atoms with E-state index in [0.29, 0.717) is 12.1 Å². The van der Waals surface area contributed by atoms with Crippen molar-refractivity contribution >= 4 is 0 Å². The fourth-order valence-electron chi connectivity index (χ4n) is 3.58. The predicted octanol–water partition coefficient (Wildman–Crippen LogP) is 4.69. The molecule has 2 atom stereocenters. The lowest BCUT2D eigenvalue weighted by molar-refractivity contribution is -0.0939. The molecule has 1 aliphatic rings. The lowest BCUT2D eigenvalue weighted by Gasteiger charge is -2.41. The van der Waals surface area contributed by atoms with Gasteiger partial charge in [-0.2, -0.15) is 0 Å². The molecule has 2 heteroatoms. The van der Waals surface area contributed by atoms with Crippen LogP contribution in [0.15, 0.2) is 18.2 Å². The van der Waals surface area contributed by atoms with E-state index in [1.807, 2.05) is 0 Å². The van der Waals surface area contributed by atoms with Crippen LogP contribution in [0, 0.1) is 13.8 Å². The van der Waals surface area contributed by atoms with Crippen molar-refractivity contribution in [1.82, 2.24) is 5.32 Å². The van der Waals surface area contributed by atoms with Crippen LogP contribution in [0.3, 0.4) is 0 Å². The maximum atomic E-state index is 6.08. The minimum atomic E-state index is 0.0945. The molecule has 1 aliphatic heterocycles. The molecule has 1 saturated heterocycles. The zero-order chi connectivity index (χ0) is 15.5. The Morgan fingerprint density at radius 3 is 2.67 bits per heavy atom. The fraction of sp³-hybridized carbons (Fsp3) is 0.684. The van der Waals surface area contributed by atoms with Gasteiger partial charge in [-0.25, -0.2) is 0 Å². The average molecular weight is 289 g/mol. The van der Waals surface area contributed by atoms with Gasteiger partial charge in [0.1, 0.15) is 0 Å². The zero-order valence-corrected chi connectivity index (χ0v) is 14.3. The summed E-state index contributed by atoms with van der Waals surface area (Å²) in [7, 11) is 0. The third-order valence-corrected chi connectivity index (χ3v) is 5.17. The van der Waals surface area contributed by atoms with E-state index in [9.17, 15) is 0 Å². The summed E-state index contributed by atoms with van der Waals surface area (Å²) in [5.41, 5.74) is 4.25. The van der Waals surface area contributed by atoms with Crippen molar-refractivity contribution in [1.29, 1.82) is 0 Å². The lowest BCUT2D eigenvalue weighted by atomic mass is 9.85. The molecule has 1 aromatic carbocycles. The Kier molecular flexibility index (Phi) is 5.45. The van der Waals surface area contributed by atoms with Crippen molar-refractivity contribution in [3.05, 3.63) is 34.9 Å². The summed E-state index contributed by atoms with van der Waals surface area (Å²) in [6.45, 7) is 12.1. The highest BCUT2D eigenvalue weighted by Crippen LogP contribution is 2.32. The van der Waals surface area contributed by atoms with Crippen molar-refractivity contribution in [2.45, 2.75) is 78.0 Å². The third kappa shape index (κ3) is 3.87. The normalized spacial score (nSPS) is 23.0. The molecule has 2 unspecified atom stereocenters. The number of hydrogen-bond acceptors (Lipinski definition) is 2. The molecule has 21 heavy (non-hydrogen) atoms. The van der Waals surface area contributed by atoms with Gasteiger partial charge >= 0.3 is 0 Å². The van der Waals surface area contributed by atoms with Crippen molar-refractivity contribution in [2.75, 3.05) is 6.61 Å². The van der Waals surface area contributed by atoms with E-state index in [-0.39, 0.29) is 5.60 Å². The van der Waals surface area contributed by atoms with Gasteiger partial charge in [0, 0.05) is 18.7 Å². The minimum absolute atomic E-state index is 0.0945. The quantitative estimate of drug-likeness (QED) is 0.849. The topological polar surface area (TPSA) is 21.3 Å². The largest absolute Gasteiger partial charge is 0.375 e. The Bertz CT molecular complexity index is 465. The first kappa shape index (κ1) is 16.5. The number of rotatable bonds is 5. The monoisotopic (exact) mass is 289 g/mol. The molecule has 1 heterocycles. The molecule has 0 aliphatic carbocycles. The summed E-state index contributed by atoms with van der Waals surface area (Å²) >= 11 is 0. The summed E-state index contributed by atoms with van der Waals surface area (Å²) < 4.78 is 6.08. The highest BCUT2D eigenvalue weighted by molar-refractivity contribution is 5.32. The average Bonchev–Trinajstić information content (AvgIpc) is 2.49. The van der Waals surface area contributed by atoms with E-state index in [0.717, 1.165) is 32.3 Å². The van der Waals surface area contributed by atoms with Crippen LogP contribution in [0.1, 0.15) is 69.2 Å². The molecule has 1 aromatic rings. The number of nitrogens with one attached hydrogen (secondary N) is 1. The summed E-state index contributed by atoms with van der Waals surface area (Å²) in [5, 5.41) is 3.85. The van der Waals surface area contributed by atoms with Crippen molar-refractivity contribution in [3.63, 3.8) is 0 Å². The Hall–Kier alpha value is -0.860. The second-order valence-electron chi connectivity index (χ2n) is 6.68. The lowest BCUT2D eigenvalue weighted by Crippen LogP contribution is -2.47. The Morgan fingerprint density at radius 2 is 2.00 bits per heavy atom. The van der Waals surface area contributed by atoms with Gasteiger partial charge in [-0.05, 0) is 57.6 Å². The maximum absolute atomic E-state index is 6.08. The molecule has 1 N–H and O–H groups in total. The van der Waals surface area contributed by atoms with E-state index in [4.69, 9.17) is 4.74 Å². The van der Waals surface area contributed by atoms with Crippen LogP contribution < -0.4 is 5.32 Å². The van der Waals surface area contributed by atoms with Crippen LogP contribution >= 0.6 is 0 Å². The molecular formula is C19H31NO. The molecule has 0 spiro atoms. The van der Waals surface area contributed by atoms with E-state index in [2.05, 4.69) is 58.1 Å². The SMILES string of the molecule is CCC1(CC)CC(NC(C)c2cc(C)ccc2C)CCO1. The van der Waals surface area contributed by atoms with Crippen LogP contribution in [-0.2, 0) is 4.74 Å². The highest BCUT2D eigenvalue weighted by atomic mass is 16.5. The first-order valence-electron chi connectivity index (χ1n) is 8.47. The highest BCUT2D eigenvalue weighted by Gasteiger charge is 2.34.